The van der Waals surface area contributed by atoms with Gasteiger partial charge in [-0.3, -0.25) is 4.79 Å². The molecule has 29 heavy (non-hydrogen) atoms. The van der Waals surface area contributed by atoms with Gasteiger partial charge in [0.25, 0.3) is 0 Å². The average molecular weight is 412 g/mol. The SMILES string of the molecule is COc1ccc(-c2nnc(S[C@@H](C)C(=O)Nc3ccccc3C(C)C)n2N)cc1. The monoisotopic (exact) mass is 411 g/mol. The van der Waals surface area contributed by atoms with E-state index in [4.69, 9.17) is 10.6 Å². The van der Waals surface area contributed by atoms with Gasteiger partial charge < -0.3 is 15.9 Å². The number of nitrogens with one attached hydrogen (secondary N) is 1. The van der Waals surface area contributed by atoms with E-state index in [0.29, 0.717) is 16.9 Å². The maximum absolute atomic E-state index is 12.7. The van der Waals surface area contributed by atoms with Gasteiger partial charge in [0.05, 0.1) is 12.4 Å². The Labute approximate surface area is 174 Å². The molecular formula is C21H25N5O2S. The Morgan fingerprint density at radius 1 is 1.10 bits per heavy atom. The van der Waals surface area contributed by atoms with Crippen LogP contribution in [0, 0.1) is 0 Å². The number of carbonyl (C=O) groups excluding carboxylic acids is 1. The minimum absolute atomic E-state index is 0.114. The van der Waals surface area contributed by atoms with Crippen LogP contribution in [0.2, 0.25) is 0 Å². The molecule has 3 N–H and O–H groups in total. The number of hydrogen-bond acceptors (Lipinski definition) is 6. The molecule has 3 aromatic rings. The molecular weight excluding hydrogens is 386 g/mol. The van der Waals surface area contributed by atoms with Crippen LogP contribution in [0.15, 0.2) is 53.7 Å². The molecule has 0 fully saturated rings. The Bertz CT molecular complexity index is 985. The molecule has 1 atom stereocenters. The summed E-state index contributed by atoms with van der Waals surface area (Å²) >= 11 is 1.26. The lowest BCUT2D eigenvalue weighted by Crippen LogP contribution is -2.24. The fraction of sp³-hybridized carbons (Fsp3) is 0.286. The second-order valence-electron chi connectivity index (χ2n) is 6.90. The molecule has 2 aromatic carbocycles. The summed E-state index contributed by atoms with van der Waals surface area (Å²) in [5, 5.41) is 11.4. The molecule has 0 unspecified atom stereocenters. The van der Waals surface area contributed by atoms with Crippen molar-refractivity contribution in [2.75, 3.05) is 18.3 Å². The molecule has 3 rings (SSSR count). The summed E-state index contributed by atoms with van der Waals surface area (Å²) in [6.07, 6.45) is 0. The summed E-state index contributed by atoms with van der Waals surface area (Å²) in [7, 11) is 1.61. The van der Waals surface area contributed by atoms with Crippen LogP contribution in [0.25, 0.3) is 11.4 Å². The van der Waals surface area contributed by atoms with Gasteiger partial charge in [-0.05, 0) is 48.7 Å². The zero-order valence-electron chi connectivity index (χ0n) is 16.9. The van der Waals surface area contributed by atoms with E-state index in [2.05, 4.69) is 29.4 Å². The number of benzene rings is 2. The van der Waals surface area contributed by atoms with Gasteiger partial charge >= 0.3 is 0 Å². The summed E-state index contributed by atoms with van der Waals surface area (Å²) in [5.74, 6) is 7.65. The number of hydrogen-bond donors (Lipinski definition) is 2. The molecule has 152 valence electrons. The van der Waals surface area contributed by atoms with Gasteiger partial charge in [0.15, 0.2) is 5.82 Å². The minimum atomic E-state index is -0.398. The Hall–Kier alpha value is -3.00. The highest BCUT2D eigenvalue weighted by Gasteiger charge is 2.21. The molecule has 7 nitrogen and oxygen atoms in total. The third-order valence-corrected chi connectivity index (χ3v) is 5.56. The highest BCUT2D eigenvalue weighted by molar-refractivity contribution is 8.00. The molecule has 1 heterocycles. The summed E-state index contributed by atoms with van der Waals surface area (Å²) < 4.78 is 6.57. The minimum Gasteiger partial charge on any atom is -0.497 e. The molecule has 0 aliphatic heterocycles. The van der Waals surface area contributed by atoms with Gasteiger partial charge in [0.1, 0.15) is 5.75 Å². The van der Waals surface area contributed by atoms with E-state index in [9.17, 15) is 4.79 Å². The van der Waals surface area contributed by atoms with Crippen molar-refractivity contribution >= 4 is 23.4 Å². The Kier molecular flexibility index (Phi) is 6.43. The molecule has 0 saturated carbocycles. The van der Waals surface area contributed by atoms with Crippen molar-refractivity contribution in [3.8, 4) is 17.1 Å². The highest BCUT2D eigenvalue weighted by atomic mass is 32.2. The molecule has 0 bridgehead atoms. The molecule has 1 aromatic heterocycles. The summed E-state index contributed by atoms with van der Waals surface area (Å²) in [6.45, 7) is 6.02. The van der Waals surface area contributed by atoms with Crippen molar-refractivity contribution in [3.05, 3.63) is 54.1 Å². The van der Waals surface area contributed by atoms with Gasteiger partial charge in [-0.1, -0.05) is 43.8 Å². The number of para-hydroxylation sites is 1. The average Bonchev–Trinajstić information content (AvgIpc) is 3.08. The lowest BCUT2D eigenvalue weighted by molar-refractivity contribution is -0.115. The first-order chi connectivity index (χ1) is 13.9. The van der Waals surface area contributed by atoms with Gasteiger partial charge in [-0.2, -0.15) is 0 Å². The fourth-order valence-electron chi connectivity index (χ4n) is 2.85. The topological polar surface area (TPSA) is 95.1 Å². The molecule has 0 spiro atoms. The number of carbonyl (C=O) groups is 1. The van der Waals surface area contributed by atoms with E-state index < -0.39 is 5.25 Å². The quantitative estimate of drug-likeness (QED) is 0.452. The number of methoxy groups -OCH3 is 1. The summed E-state index contributed by atoms with van der Waals surface area (Å²) in [5.41, 5.74) is 2.74. The van der Waals surface area contributed by atoms with Crippen molar-refractivity contribution in [2.24, 2.45) is 0 Å². The van der Waals surface area contributed by atoms with Crippen LogP contribution < -0.4 is 15.9 Å². The smallest absolute Gasteiger partial charge is 0.237 e. The van der Waals surface area contributed by atoms with E-state index in [1.807, 2.05) is 55.5 Å². The van der Waals surface area contributed by atoms with Gasteiger partial charge in [0.2, 0.25) is 11.1 Å². The van der Waals surface area contributed by atoms with Crippen LogP contribution >= 0.6 is 11.8 Å². The van der Waals surface area contributed by atoms with Crippen molar-refractivity contribution in [2.45, 2.75) is 37.1 Å². The predicted molar refractivity (Wildman–Crippen MR) is 117 cm³/mol. The number of nitrogens with two attached hydrogens (primary N) is 1. The molecule has 8 heteroatoms. The Balaban J connectivity index is 1.71. The molecule has 1 amide bonds. The molecule has 0 aliphatic carbocycles. The van der Waals surface area contributed by atoms with Crippen LogP contribution in [-0.2, 0) is 4.79 Å². The molecule has 0 radical (unpaired) electrons. The van der Waals surface area contributed by atoms with Crippen LogP contribution in [0.3, 0.4) is 0 Å². The number of nitrogen functional groups attached to an aromatic ring is 1. The predicted octanol–water partition coefficient (Wildman–Crippen LogP) is 3.91. The number of thioether (sulfide) groups is 1. The van der Waals surface area contributed by atoms with Gasteiger partial charge in [0, 0.05) is 11.3 Å². The second-order valence-corrected chi connectivity index (χ2v) is 8.20. The van der Waals surface area contributed by atoms with Crippen LogP contribution in [-0.4, -0.2) is 33.1 Å². The molecule has 0 saturated heterocycles. The van der Waals surface area contributed by atoms with E-state index >= 15 is 0 Å². The number of nitrogens with zero attached hydrogens (tertiary/aromatic N) is 3. The zero-order valence-corrected chi connectivity index (χ0v) is 17.7. The van der Waals surface area contributed by atoms with Crippen LogP contribution in [0.5, 0.6) is 5.75 Å². The lowest BCUT2D eigenvalue weighted by Gasteiger charge is -2.16. The summed E-state index contributed by atoms with van der Waals surface area (Å²) in [4.78, 5) is 12.7. The lowest BCUT2D eigenvalue weighted by atomic mass is 10.0. The first-order valence-corrected chi connectivity index (χ1v) is 10.2. The first-order valence-electron chi connectivity index (χ1n) is 9.32. The number of amides is 1. The normalized spacial score (nSPS) is 12.0. The fourth-order valence-corrected chi connectivity index (χ4v) is 3.62. The number of aromatic nitrogens is 3. The Morgan fingerprint density at radius 3 is 2.45 bits per heavy atom. The van der Waals surface area contributed by atoms with E-state index in [1.54, 1.807) is 7.11 Å². The number of anilines is 1. The van der Waals surface area contributed by atoms with Crippen LogP contribution in [0.4, 0.5) is 5.69 Å². The van der Waals surface area contributed by atoms with Crippen molar-refractivity contribution in [3.63, 3.8) is 0 Å². The maximum Gasteiger partial charge on any atom is 0.237 e. The largest absolute Gasteiger partial charge is 0.497 e. The zero-order chi connectivity index (χ0) is 21.0. The van der Waals surface area contributed by atoms with Gasteiger partial charge in [-0.15, -0.1) is 10.2 Å². The van der Waals surface area contributed by atoms with Crippen molar-refractivity contribution in [1.29, 1.82) is 0 Å². The third kappa shape index (κ3) is 4.71. The van der Waals surface area contributed by atoms with Gasteiger partial charge in [-0.25, -0.2) is 4.68 Å². The summed E-state index contributed by atoms with van der Waals surface area (Å²) in [6, 6.07) is 15.2. The van der Waals surface area contributed by atoms with E-state index in [-0.39, 0.29) is 5.91 Å². The van der Waals surface area contributed by atoms with E-state index in [1.165, 1.54) is 16.4 Å². The third-order valence-electron chi connectivity index (χ3n) is 4.50. The highest BCUT2D eigenvalue weighted by Crippen LogP contribution is 2.28. The van der Waals surface area contributed by atoms with E-state index in [0.717, 1.165) is 22.6 Å². The molecule has 0 aliphatic rings. The number of rotatable bonds is 7. The Morgan fingerprint density at radius 2 is 1.79 bits per heavy atom. The maximum atomic E-state index is 12.7. The van der Waals surface area contributed by atoms with Crippen molar-refractivity contribution < 1.29 is 9.53 Å². The first kappa shape index (κ1) is 20.7. The van der Waals surface area contributed by atoms with Crippen molar-refractivity contribution in [1.82, 2.24) is 14.9 Å². The second kappa shape index (κ2) is 9.00. The van der Waals surface area contributed by atoms with Crippen LogP contribution in [0.1, 0.15) is 32.3 Å². The standard InChI is InChI=1S/C21H25N5O2S/c1-13(2)17-7-5-6-8-18(17)23-20(27)14(3)29-21-25-24-19(26(21)22)15-9-11-16(28-4)12-10-15/h5-14H,22H2,1-4H3,(H,23,27)/t14-/m0/s1. The number of ether oxygens (including phenoxy) is 1.